The average molecular weight is 288 g/mol. The van der Waals surface area contributed by atoms with Crippen LogP contribution in [0.3, 0.4) is 0 Å². The summed E-state index contributed by atoms with van der Waals surface area (Å²) in [6, 6.07) is 8.46. The third-order valence-electron chi connectivity index (χ3n) is 2.05. The zero-order valence-corrected chi connectivity index (χ0v) is 11.5. The van der Waals surface area contributed by atoms with Crippen molar-refractivity contribution in [3.05, 3.63) is 28.7 Å². The zero-order valence-electron chi connectivity index (χ0n) is 9.13. The van der Waals surface area contributed by atoms with Gasteiger partial charge in [-0.1, -0.05) is 35.3 Å². The van der Waals surface area contributed by atoms with Crippen LogP contribution < -0.4 is 5.32 Å². The Hall–Kier alpha value is 0.01000. The monoisotopic (exact) mass is 287 g/mol. The Morgan fingerprint density at radius 1 is 1.33 bits per heavy atom. The molecule has 0 aliphatic rings. The van der Waals surface area contributed by atoms with Crippen molar-refractivity contribution in [2.75, 3.05) is 18.8 Å². The minimum atomic E-state index is 1.09. The van der Waals surface area contributed by atoms with Crippen molar-refractivity contribution in [3.63, 3.8) is 0 Å². The van der Waals surface area contributed by atoms with Crippen LogP contribution in [-0.2, 0) is 0 Å². The number of halogens is 1. The molecule has 1 aromatic rings. The maximum Gasteiger partial charge on any atom is 0.0186 e. The predicted octanol–water partition coefficient (Wildman–Crippen LogP) is 3.93. The van der Waals surface area contributed by atoms with Crippen LogP contribution in [0.15, 0.2) is 33.6 Å². The van der Waals surface area contributed by atoms with Gasteiger partial charge in [-0.05, 0) is 31.2 Å². The number of nitrogens with one attached hydrogen (secondary N) is 1. The Balaban J connectivity index is 2.10. The van der Waals surface area contributed by atoms with Crippen molar-refractivity contribution < 1.29 is 0 Å². The lowest BCUT2D eigenvalue weighted by atomic mass is 10.3. The summed E-state index contributed by atoms with van der Waals surface area (Å²) in [4.78, 5) is 1.33. The van der Waals surface area contributed by atoms with Gasteiger partial charge in [0.2, 0.25) is 0 Å². The summed E-state index contributed by atoms with van der Waals surface area (Å²) in [5.74, 6) is 1.14. The first-order valence-corrected chi connectivity index (χ1v) is 7.20. The molecule has 15 heavy (non-hydrogen) atoms. The van der Waals surface area contributed by atoms with E-state index in [2.05, 4.69) is 52.4 Å². The molecule has 0 saturated heterocycles. The highest BCUT2D eigenvalue weighted by molar-refractivity contribution is 9.10. The van der Waals surface area contributed by atoms with E-state index in [1.807, 2.05) is 11.8 Å². The number of unbranched alkanes of at least 4 members (excludes halogenated alkanes) is 1. The van der Waals surface area contributed by atoms with Gasteiger partial charge in [-0.25, -0.2) is 0 Å². The van der Waals surface area contributed by atoms with Crippen LogP contribution in [0.4, 0.5) is 0 Å². The molecule has 0 aliphatic carbocycles. The molecule has 0 saturated carbocycles. The lowest BCUT2D eigenvalue weighted by Gasteiger charge is -2.04. The van der Waals surface area contributed by atoms with Gasteiger partial charge in [-0.3, -0.25) is 0 Å². The fraction of sp³-hybridized carbons (Fsp3) is 0.500. The van der Waals surface area contributed by atoms with Gasteiger partial charge in [0, 0.05) is 21.7 Å². The maximum atomic E-state index is 3.48. The third kappa shape index (κ3) is 6.23. The van der Waals surface area contributed by atoms with Crippen LogP contribution in [0.25, 0.3) is 0 Å². The standard InChI is InChI=1S/C12H18BrNS/c1-2-3-7-14-8-9-15-12-6-4-5-11(13)10-12/h4-6,10,14H,2-3,7-9H2,1H3. The van der Waals surface area contributed by atoms with Crippen LogP contribution in [-0.4, -0.2) is 18.8 Å². The lowest BCUT2D eigenvalue weighted by molar-refractivity contribution is 0.666. The summed E-state index contributed by atoms with van der Waals surface area (Å²) < 4.78 is 1.16. The molecule has 0 spiro atoms. The number of thioether (sulfide) groups is 1. The number of rotatable bonds is 7. The molecular weight excluding hydrogens is 270 g/mol. The highest BCUT2D eigenvalue weighted by Crippen LogP contribution is 2.21. The first kappa shape index (κ1) is 13.1. The van der Waals surface area contributed by atoms with E-state index >= 15 is 0 Å². The van der Waals surface area contributed by atoms with Gasteiger partial charge in [0.05, 0.1) is 0 Å². The molecule has 1 aromatic carbocycles. The highest BCUT2D eigenvalue weighted by atomic mass is 79.9. The topological polar surface area (TPSA) is 12.0 Å². The van der Waals surface area contributed by atoms with Crippen molar-refractivity contribution in [1.29, 1.82) is 0 Å². The minimum Gasteiger partial charge on any atom is -0.316 e. The summed E-state index contributed by atoms with van der Waals surface area (Å²) in [5, 5.41) is 3.44. The molecule has 0 heterocycles. The smallest absolute Gasteiger partial charge is 0.0186 e. The van der Waals surface area contributed by atoms with Gasteiger partial charge in [0.1, 0.15) is 0 Å². The Morgan fingerprint density at radius 2 is 2.20 bits per heavy atom. The molecule has 1 rings (SSSR count). The van der Waals surface area contributed by atoms with Gasteiger partial charge in [-0.2, -0.15) is 0 Å². The first-order chi connectivity index (χ1) is 7.33. The largest absolute Gasteiger partial charge is 0.316 e. The van der Waals surface area contributed by atoms with E-state index < -0.39 is 0 Å². The average Bonchev–Trinajstić information content (AvgIpc) is 2.23. The van der Waals surface area contributed by atoms with Crippen LogP contribution in [0.2, 0.25) is 0 Å². The van der Waals surface area contributed by atoms with Gasteiger partial charge in [-0.15, -0.1) is 11.8 Å². The quantitative estimate of drug-likeness (QED) is 0.602. The molecule has 0 bridgehead atoms. The molecule has 0 unspecified atom stereocenters. The second-order valence-corrected chi connectivity index (χ2v) is 5.49. The molecule has 1 nitrogen and oxygen atoms in total. The van der Waals surface area contributed by atoms with Crippen LogP contribution in [0.1, 0.15) is 19.8 Å². The van der Waals surface area contributed by atoms with Gasteiger partial charge < -0.3 is 5.32 Å². The molecular formula is C12H18BrNS. The molecule has 0 radical (unpaired) electrons. The van der Waals surface area contributed by atoms with Crippen molar-refractivity contribution >= 4 is 27.7 Å². The molecule has 0 amide bonds. The summed E-state index contributed by atoms with van der Waals surface area (Å²) in [6.45, 7) is 4.46. The summed E-state index contributed by atoms with van der Waals surface area (Å²) in [7, 11) is 0. The lowest BCUT2D eigenvalue weighted by Crippen LogP contribution is -2.18. The Bertz CT molecular complexity index is 278. The molecule has 0 fully saturated rings. The van der Waals surface area contributed by atoms with E-state index in [-0.39, 0.29) is 0 Å². The van der Waals surface area contributed by atoms with Crippen molar-refractivity contribution in [1.82, 2.24) is 5.32 Å². The van der Waals surface area contributed by atoms with E-state index in [9.17, 15) is 0 Å². The van der Waals surface area contributed by atoms with E-state index in [0.717, 1.165) is 23.3 Å². The van der Waals surface area contributed by atoms with E-state index in [4.69, 9.17) is 0 Å². The Morgan fingerprint density at radius 3 is 2.93 bits per heavy atom. The maximum absolute atomic E-state index is 3.48. The molecule has 3 heteroatoms. The number of benzene rings is 1. The van der Waals surface area contributed by atoms with E-state index in [1.165, 1.54) is 17.7 Å². The first-order valence-electron chi connectivity index (χ1n) is 5.42. The minimum absolute atomic E-state index is 1.09. The number of hydrogen-bond donors (Lipinski definition) is 1. The third-order valence-corrected chi connectivity index (χ3v) is 3.54. The SMILES string of the molecule is CCCCNCCSc1cccc(Br)c1. The van der Waals surface area contributed by atoms with Gasteiger partial charge in [0.15, 0.2) is 0 Å². The summed E-state index contributed by atoms with van der Waals surface area (Å²) in [6.07, 6.45) is 2.55. The van der Waals surface area contributed by atoms with Crippen LogP contribution in [0, 0.1) is 0 Å². The Kier molecular flexibility index (Phi) is 7.14. The zero-order chi connectivity index (χ0) is 10.9. The van der Waals surface area contributed by atoms with Crippen LogP contribution in [0.5, 0.6) is 0 Å². The fourth-order valence-electron chi connectivity index (χ4n) is 1.22. The predicted molar refractivity (Wildman–Crippen MR) is 72.6 cm³/mol. The normalized spacial score (nSPS) is 10.5. The van der Waals surface area contributed by atoms with Crippen molar-refractivity contribution in [2.24, 2.45) is 0 Å². The highest BCUT2D eigenvalue weighted by Gasteiger charge is 1.94. The molecule has 84 valence electrons. The molecule has 1 N–H and O–H groups in total. The van der Waals surface area contributed by atoms with Crippen LogP contribution >= 0.6 is 27.7 Å². The molecule has 0 aliphatic heterocycles. The summed E-state index contributed by atoms with van der Waals surface area (Å²) in [5.41, 5.74) is 0. The van der Waals surface area contributed by atoms with Gasteiger partial charge in [0.25, 0.3) is 0 Å². The van der Waals surface area contributed by atoms with E-state index in [0.29, 0.717) is 0 Å². The van der Waals surface area contributed by atoms with Crippen molar-refractivity contribution in [3.8, 4) is 0 Å². The van der Waals surface area contributed by atoms with Gasteiger partial charge >= 0.3 is 0 Å². The second kappa shape index (κ2) is 8.20. The van der Waals surface area contributed by atoms with E-state index in [1.54, 1.807) is 0 Å². The second-order valence-electron chi connectivity index (χ2n) is 3.41. The molecule has 0 aromatic heterocycles. The fourth-order valence-corrected chi connectivity index (χ4v) is 2.64. The Labute approximate surface area is 105 Å². The summed E-state index contributed by atoms with van der Waals surface area (Å²) >= 11 is 5.38. The van der Waals surface area contributed by atoms with Crippen molar-refractivity contribution in [2.45, 2.75) is 24.7 Å². The number of hydrogen-bond acceptors (Lipinski definition) is 2. The molecule has 0 atom stereocenters.